The molecule has 7 heteroatoms. The number of halogens is 1. The summed E-state index contributed by atoms with van der Waals surface area (Å²) in [6, 6.07) is 5.34. The van der Waals surface area contributed by atoms with E-state index in [1.165, 1.54) is 0 Å². The molecule has 2 heterocycles. The van der Waals surface area contributed by atoms with Crippen molar-refractivity contribution in [3.05, 3.63) is 34.3 Å². The summed E-state index contributed by atoms with van der Waals surface area (Å²) in [4.78, 5) is 27.7. The minimum Gasteiger partial charge on any atom is -0.383 e. The number of ether oxygens (including phenoxy) is 2. The van der Waals surface area contributed by atoms with Gasteiger partial charge < -0.3 is 19.7 Å². The second-order valence-electron chi connectivity index (χ2n) is 6.94. The summed E-state index contributed by atoms with van der Waals surface area (Å²) in [5, 5.41) is 3.50. The average molecular weight is 381 g/mol. The number of nitrogens with one attached hydrogen (secondary N) is 1. The number of methoxy groups -OCH3 is 1. The molecule has 2 aliphatic heterocycles. The zero-order valence-corrected chi connectivity index (χ0v) is 16.0. The number of hydrogen-bond donors (Lipinski definition) is 1. The molecule has 0 aliphatic carbocycles. The third-order valence-electron chi connectivity index (χ3n) is 5.45. The largest absolute Gasteiger partial charge is 0.383 e. The Morgan fingerprint density at radius 2 is 2.27 bits per heavy atom. The normalized spacial score (nSPS) is 25.0. The van der Waals surface area contributed by atoms with E-state index >= 15 is 0 Å². The minimum absolute atomic E-state index is 0.0580. The van der Waals surface area contributed by atoms with Gasteiger partial charge in [-0.05, 0) is 37.5 Å². The monoisotopic (exact) mass is 380 g/mol. The van der Waals surface area contributed by atoms with Crippen LogP contribution in [0.1, 0.15) is 28.8 Å². The standard InChI is InChI=1S/C19H25ClN2O4/c1-13-14(4-3-5-15(13)20)17(23)22-9-6-16-19(12-22,7-10-26-16)18(24)21-8-11-25-2/h3-5,16H,6-12H2,1-2H3,(H,21,24)/t16-,19-/m1/s1. The van der Waals surface area contributed by atoms with E-state index in [-0.39, 0.29) is 17.9 Å². The Balaban J connectivity index is 1.80. The first-order valence-corrected chi connectivity index (χ1v) is 9.30. The maximum Gasteiger partial charge on any atom is 0.254 e. The quantitative estimate of drug-likeness (QED) is 0.794. The summed E-state index contributed by atoms with van der Waals surface area (Å²) in [7, 11) is 1.60. The number of carbonyl (C=O) groups is 2. The van der Waals surface area contributed by atoms with Gasteiger partial charge in [0.05, 0.1) is 18.1 Å². The van der Waals surface area contributed by atoms with E-state index in [9.17, 15) is 9.59 Å². The van der Waals surface area contributed by atoms with Gasteiger partial charge in [-0.15, -0.1) is 0 Å². The van der Waals surface area contributed by atoms with Crippen molar-refractivity contribution in [1.82, 2.24) is 10.2 Å². The number of amides is 2. The summed E-state index contributed by atoms with van der Waals surface area (Å²) in [6.07, 6.45) is 1.13. The van der Waals surface area contributed by atoms with E-state index in [2.05, 4.69) is 5.32 Å². The van der Waals surface area contributed by atoms with Crippen LogP contribution in [0.2, 0.25) is 5.02 Å². The lowest BCUT2D eigenvalue weighted by Crippen LogP contribution is -2.58. The molecule has 0 spiro atoms. The maximum atomic E-state index is 13.1. The Hall–Kier alpha value is -1.63. The van der Waals surface area contributed by atoms with Gasteiger partial charge in [0, 0.05) is 43.9 Å². The van der Waals surface area contributed by atoms with Crippen molar-refractivity contribution in [2.45, 2.75) is 25.9 Å². The fraction of sp³-hybridized carbons (Fsp3) is 0.579. The number of piperidine rings is 1. The Bertz CT molecular complexity index is 696. The van der Waals surface area contributed by atoms with Crippen LogP contribution in [0.15, 0.2) is 18.2 Å². The maximum absolute atomic E-state index is 13.1. The second kappa shape index (κ2) is 7.94. The summed E-state index contributed by atoms with van der Waals surface area (Å²) in [5.74, 6) is -0.142. The van der Waals surface area contributed by atoms with Gasteiger partial charge in [0.2, 0.25) is 5.91 Å². The fourth-order valence-corrected chi connectivity index (χ4v) is 4.07. The molecule has 1 aromatic carbocycles. The number of nitrogens with zero attached hydrogens (tertiary/aromatic N) is 1. The number of rotatable bonds is 5. The zero-order valence-electron chi connectivity index (χ0n) is 15.2. The van der Waals surface area contributed by atoms with E-state index in [0.29, 0.717) is 56.3 Å². The third-order valence-corrected chi connectivity index (χ3v) is 5.86. The topological polar surface area (TPSA) is 67.9 Å². The van der Waals surface area contributed by atoms with Gasteiger partial charge in [-0.1, -0.05) is 17.7 Å². The molecule has 6 nitrogen and oxygen atoms in total. The number of benzene rings is 1. The number of hydrogen-bond acceptors (Lipinski definition) is 4. The van der Waals surface area contributed by atoms with Crippen LogP contribution in [0, 0.1) is 12.3 Å². The van der Waals surface area contributed by atoms with Crippen molar-refractivity contribution in [3.8, 4) is 0 Å². The van der Waals surface area contributed by atoms with Crippen LogP contribution in [0.4, 0.5) is 0 Å². The molecule has 142 valence electrons. The highest BCUT2D eigenvalue weighted by Gasteiger charge is 2.54. The molecule has 1 aromatic rings. The van der Waals surface area contributed by atoms with Crippen molar-refractivity contribution in [3.63, 3.8) is 0 Å². The van der Waals surface area contributed by atoms with Crippen LogP contribution < -0.4 is 5.32 Å². The second-order valence-corrected chi connectivity index (χ2v) is 7.35. The number of fused-ring (bicyclic) bond motifs is 1. The molecule has 0 unspecified atom stereocenters. The Labute approximate surface area is 158 Å². The summed E-state index contributed by atoms with van der Waals surface area (Å²) < 4.78 is 10.8. The summed E-state index contributed by atoms with van der Waals surface area (Å²) in [5.41, 5.74) is 0.668. The fourth-order valence-electron chi connectivity index (χ4n) is 3.89. The van der Waals surface area contributed by atoms with Crippen LogP contribution in [0.5, 0.6) is 0 Å². The molecule has 26 heavy (non-hydrogen) atoms. The molecule has 2 aliphatic rings. The highest BCUT2D eigenvalue weighted by molar-refractivity contribution is 6.31. The lowest BCUT2D eigenvalue weighted by molar-refractivity contribution is -0.138. The van der Waals surface area contributed by atoms with Gasteiger partial charge in [-0.3, -0.25) is 9.59 Å². The van der Waals surface area contributed by atoms with Crippen LogP contribution in [-0.2, 0) is 14.3 Å². The molecule has 2 amide bonds. The van der Waals surface area contributed by atoms with Crippen molar-refractivity contribution >= 4 is 23.4 Å². The van der Waals surface area contributed by atoms with Gasteiger partial charge in [0.1, 0.15) is 0 Å². The first kappa shape index (κ1) is 19.1. The summed E-state index contributed by atoms with van der Waals surface area (Å²) in [6.45, 7) is 4.22. The predicted octanol–water partition coefficient (Wildman–Crippen LogP) is 2.03. The molecule has 2 saturated heterocycles. The molecule has 0 radical (unpaired) electrons. The summed E-state index contributed by atoms with van der Waals surface area (Å²) >= 11 is 6.17. The molecule has 2 fully saturated rings. The Kier molecular flexibility index (Phi) is 5.85. The highest BCUT2D eigenvalue weighted by atomic mass is 35.5. The molecule has 0 aromatic heterocycles. The van der Waals surface area contributed by atoms with Crippen molar-refractivity contribution in [2.75, 3.05) is 40.0 Å². The van der Waals surface area contributed by atoms with E-state index < -0.39 is 5.41 Å². The molecular formula is C19H25ClN2O4. The third kappa shape index (κ3) is 3.46. The van der Waals surface area contributed by atoms with Crippen LogP contribution >= 0.6 is 11.6 Å². The van der Waals surface area contributed by atoms with Crippen molar-refractivity contribution in [1.29, 1.82) is 0 Å². The SMILES string of the molecule is COCCNC(=O)[C@@]12CCO[C@@H]1CCN(C(=O)c1cccc(Cl)c1C)C2. The first-order chi connectivity index (χ1) is 12.5. The van der Waals surface area contributed by atoms with Crippen molar-refractivity contribution in [2.24, 2.45) is 5.41 Å². The van der Waals surface area contributed by atoms with E-state index in [4.69, 9.17) is 21.1 Å². The molecule has 0 bridgehead atoms. The lowest BCUT2D eigenvalue weighted by atomic mass is 9.75. The zero-order chi connectivity index (χ0) is 18.7. The van der Waals surface area contributed by atoms with Crippen LogP contribution in [0.3, 0.4) is 0 Å². The van der Waals surface area contributed by atoms with E-state index in [1.807, 2.05) is 6.92 Å². The minimum atomic E-state index is -0.686. The Morgan fingerprint density at radius 3 is 3.04 bits per heavy atom. The van der Waals surface area contributed by atoms with Gasteiger partial charge in [-0.2, -0.15) is 0 Å². The predicted molar refractivity (Wildman–Crippen MR) is 98.4 cm³/mol. The van der Waals surface area contributed by atoms with Crippen LogP contribution in [0.25, 0.3) is 0 Å². The van der Waals surface area contributed by atoms with Crippen molar-refractivity contribution < 1.29 is 19.1 Å². The van der Waals surface area contributed by atoms with E-state index in [0.717, 1.165) is 5.56 Å². The number of carbonyl (C=O) groups excluding carboxylic acids is 2. The first-order valence-electron chi connectivity index (χ1n) is 8.93. The highest BCUT2D eigenvalue weighted by Crippen LogP contribution is 2.41. The molecule has 1 N–H and O–H groups in total. The van der Waals surface area contributed by atoms with Gasteiger partial charge in [0.25, 0.3) is 5.91 Å². The lowest BCUT2D eigenvalue weighted by Gasteiger charge is -2.42. The number of likely N-dealkylation sites (tertiary alicyclic amines) is 1. The molecule has 2 atom stereocenters. The smallest absolute Gasteiger partial charge is 0.254 e. The van der Waals surface area contributed by atoms with Gasteiger partial charge in [-0.25, -0.2) is 0 Å². The molecule has 3 rings (SSSR count). The van der Waals surface area contributed by atoms with Gasteiger partial charge >= 0.3 is 0 Å². The Morgan fingerprint density at radius 1 is 1.46 bits per heavy atom. The molecule has 0 saturated carbocycles. The van der Waals surface area contributed by atoms with Gasteiger partial charge in [0.15, 0.2) is 0 Å². The van der Waals surface area contributed by atoms with E-state index in [1.54, 1.807) is 30.2 Å². The molecular weight excluding hydrogens is 356 g/mol. The average Bonchev–Trinajstić information content (AvgIpc) is 3.08. The van der Waals surface area contributed by atoms with Crippen LogP contribution in [-0.4, -0.2) is 62.8 Å².